The smallest absolute Gasteiger partial charge is 0.339 e. The highest BCUT2D eigenvalue weighted by Gasteiger charge is 2.21. The van der Waals surface area contributed by atoms with Gasteiger partial charge in [0.05, 0.1) is 31.6 Å². The van der Waals surface area contributed by atoms with E-state index in [4.69, 9.17) is 9.47 Å². The molecule has 1 aliphatic rings. The molecule has 1 aliphatic heterocycles. The minimum atomic E-state index is -0.989. The summed E-state index contributed by atoms with van der Waals surface area (Å²) in [6.45, 7) is 2.20. The molecule has 0 spiro atoms. The molecule has 3 heterocycles. The van der Waals surface area contributed by atoms with Crippen LogP contribution in [0, 0.1) is 0 Å². The van der Waals surface area contributed by atoms with Gasteiger partial charge in [-0.2, -0.15) is 11.3 Å². The summed E-state index contributed by atoms with van der Waals surface area (Å²) in [4.78, 5) is 17.9. The molecule has 2 aromatic heterocycles. The molecule has 1 atom stereocenters. The SMILES string of the molecule is CN(CC1COCCO1)c1nc(-c2ccsc2)ccc1C(=O)O. The molecule has 2 aromatic rings. The lowest BCUT2D eigenvalue weighted by Gasteiger charge is -2.28. The summed E-state index contributed by atoms with van der Waals surface area (Å²) in [7, 11) is 1.82. The van der Waals surface area contributed by atoms with Gasteiger partial charge in [-0.25, -0.2) is 9.78 Å². The van der Waals surface area contributed by atoms with Crippen molar-refractivity contribution in [3.05, 3.63) is 34.5 Å². The van der Waals surface area contributed by atoms with Gasteiger partial charge in [-0.3, -0.25) is 0 Å². The highest BCUT2D eigenvalue weighted by molar-refractivity contribution is 7.08. The van der Waals surface area contributed by atoms with Crippen LogP contribution in [0.15, 0.2) is 29.0 Å². The second kappa shape index (κ2) is 7.08. The molecule has 0 saturated carbocycles. The molecule has 23 heavy (non-hydrogen) atoms. The van der Waals surface area contributed by atoms with Crippen LogP contribution in [0.5, 0.6) is 0 Å². The summed E-state index contributed by atoms with van der Waals surface area (Å²) in [5.74, 6) is -0.549. The van der Waals surface area contributed by atoms with Crippen molar-refractivity contribution in [2.75, 3.05) is 38.3 Å². The molecule has 1 unspecified atom stereocenters. The maximum atomic E-state index is 11.5. The number of ether oxygens (including phenoxy) is 2. The Bertz CT molecular complexity index is 669. The fourth-order valence-electron chi connectivity index (χ4n) is 2.51. The third kappa shape index (κ3) is 3.69. The van der Waals surface area contributed by atoms with E-state index in [1.54, 1.807) is 23.5 Å². The van der Waals surface area contributed by atoms with Gasteiger partial charge in [0.1, 0.15) is 11.4 Å². The van der Waals surface area contributed by atoms with Crippen molar-refractivity contribution < 1.29 is 19.4 Å². The van der Waals surface area contributed by atoms with E-state index in [1.807, 2.05) is 28.8 Å². The monoisotopic (exact) mass is 334 g/mol. The molecule has 0 aromatic carbocycles. The number of aromatic carboxylic acids is 1. The standard InChI is InChI=1S/C16H18N2O4S/c1-18(8-12-9-21-5-6-22-12)15-13(16(19)20)2-3-14(17-15)11-4-7-23-10-11/h2-4,7,10,12H,5-6,8-9H2,1H3,(H,19,20). The average Bonchev–Trinajstić information content (AvgIpc) is 3.09. The first kappa shape index (κ1) is 15.9. The summed E-state index contributed by atoms with van der Waals surface area (Å²) < 4.78 is 11.0. The van der Waals surface area contributed by atoms with E-state index in [-0.39, 0.29) is 11.7 Å². The van der Waals surface area contributed by atoms with Gasteiger partial charge in [0.15, 0.2) is 0 Å². The van der Waals surface area contributed by atoms with E-state index in [2.05, 4.69) is 4.98 Å². The lowest BCUT2D eigenvalue weighted by atomic mass is 10.1. The molecule has 6 nitrogen and oxygen atoms in total. The molecule has 122 valence electrons. The van der Waals surface area contributed by atoms with Gasteiger partial charge in [0.2, 0.25) is 0 Å². The van der Waals surface area contributed by atoms with Crippen molar-refractivity contribution in [2.24, 2.45) is 0 Å². The quantitative estimate of drug-likeness (QED) is 0.905. The number of thiophene rings is 1. The molecule has 7 heteroatoms. The molecular weight excluding hydrogens is 316 g/mol. The molecule has 0 radical (unpaired) electrons. The van der Waals surface area contributed by atoms with Gasteiger partial charge in [0, 0.05) is 24.5 Å². The van der Waals surface area contributed by atoms with Crippen molar-refractivity contribution in [1.29, 1.82) is 0 Å². The number of hydrogen-bond acceptors (Lipinski definition) is 6. The number of carbonyl (C=O) groups is 1. The topological polar surface area (TPSA) is 71.9 Å². The number of carboxylic acids is 1. The number of nitrogens with zero attached hydrogens (tertiary/aromatic N) is 2. The summed E-state index contributed by atoms with van der Waals surface area (Å²) in [5, 5.41) is 13.4. The van der Waals surface area contributed by atoms with E-state index in [0.717, 1.165) is 11.3 Å². The predicted molar refractivity (Wildman–Crippen MR) is 88.3 cm³/mol. The number of carboxylic acid groups (broad SMARTS) is 1. The Morgan fingerprint density at radius 1 is 1.43 bits per heavy atom. The Hall–Kier alpha value is -1.96. The van der Waals surface area contributed by atoms with Crippen LogP contribution in [0.4, 0.5) is 5.82 Å². The third-order valence-electron chi connectivity index (χ3n) is 3.65. The predicted octanol–water partition coefficient (Wildman–Crippen LogP) is 2.36. The second-order valence-corrected chi connectivity index (χ2v) is 6.11. The highest BCUT2D eigenvalue weighted by Crippen LogP contribution is 2.26. The average molecular weight is 334 g/mol. The lowest BCUT2D eigenvalue weighted by molar-refractivity contribution is -0.0837. The molecule has 1 N–H and O–H groups in total. The van der Waals surface area contributed by atoms with Crippen molar-refractivity contribution in [3.63, 3.8) is 0 Å². The molecule has 1 saturated heterocycles. The van der Waals surface area contributed by atoms with Crippen LogP contribution >= 0.6 is 11.3 Å². The second-order valence-electron chi connectivity index (χ2n) is 5.33. The zero-order valence-corrected chi connectivity index (χ0v) is 13.6. The Labute approximate surface area is 138 Å². The summed E-state index contributed by atoms with van der Waals surface area (Å²) in [5.41, 5.74) is 1.93. The van der Waals surface area contributed by atoms with E-state index < -0.39 is 5.97 Å². The molecule has 1 fully saturated rings. The first-order valence-electron chi connectivity index (χ1n) is 7.32. The van der Waals surface area contributed by atoms with Crippen molar-refractivity contribution >= 4 is 23.1 Å². The van der Waals surface area contributed by atoms with Crippen molar-refractivity contribution in [2.45, 2.75) is 6.10 Å². The maximum absolute atomic E-state index is 11.5. The van der Waals surface area contributed by atoms with Gasteiger partial charge < -0.3 is 19.5 Å². The number of hydrogen-bond donors (Lipinski definition) is 1. The number of pyridine rings is 1. The zero-order chi connectivity index (χ0) is 16.2. The van der Waals surface area contributed by atoms with Crippen molar-refractivity contribution in [3.8, 4) is 11.3 Å². The molecule has 0 bridgehead atoms. The molecular formula is C16H18N2O4S. The number of anilines is 1. The molecule has 0 amide bonds. The van der Waals surface area contributed by atoms with Gasteiger partial charge in [-0.1, -0.05) is 0 Å². The summed E-state index contributed by atoms with van der Waals surface area (Å²) in [6.07, 6.45) is -0.0815. The Balaban J connectivity index is 1.87. The molecule has 0 aliphatic carbocycles. The fourth-order valence-corrected chi connectivity index (χ4v) is 3.16. The number of likely N-dealkylation sites (N-methyl/N-ethyl adjacent to an activating group) is 1. The number of rotatable bonds is 5. The van der Waals surface area contributed by atoms with E-state index in [1.165, 1.54) is 0 Å². The Kier molecular flexibility index (Phi) is 4.90. The van der Waals surface area contributed by atoms with E-state index in [9.17, 15) is 9.90 Å². The normalized spacial score (nSPS) is 17.9. The van der Waals surface area contributed by atoms with Crippen LogP contribution in [0.2, 0.25) is 0 Å². The van der Waals surface area contributed by atoms with Gasteiger partial charge in [-0.15, -0.1) is 0 Å². The zero-order valence-electron chi connectivity index (χ0n) is 12.8. The van der Waals surface area contributed by atoms with E-state index in [0.29, 0.717) is 32.2 Å². The molecule has 3 rings (SSSR count). The van der Waals surface area contributed by atoms with Crippen LogP contribution in [0.1, 0.15) is 10.4 Å². The van der Waals surface area contributed by atoms with Gasteiger partial charge in [-0.05, 0) is 23.6 Å². The van der Waals surface area contributed by atoms with Crippen molar-refractivity contribution in [1.82, 2.24) is 4.98 Å². The maximum Gasteiger partial charge on any atom is 0.339 e. The van der Waals surface area contributed by atoms with Gasteiger partial charge >= 0.3 is 5.97 Å². The van der Waals surface area contributed by atoms with Gasteiger partial charge in [0.25, 0.3) is 0 Å². The first-order chi connectivity index (χ1) is 11.1. The minimum absolute atomic E-state index is 0.0815. The summed E-state index contributed by atoms with van der Waals surface area (Å²) in [6, 6.07) is 5.31. The third-order valence-corrected chi connectivity index (χ3v) is 4.33. The van der Waals surface area contributed by atoms with E-state index >= 15 is 0 Å². The minimum Gasteiger partial charge on any atom is -0.478 e. The van der Waals surface area contributed by atoms with Crippen LogP contribution in [-0.2, 0) is 9.47 Å². The summed E-state index contributed by atoms with van der Waals surface area (Å²) >= 11 is 1.58. The fraction of sp³-hybridized carbons (Fsp3) is 0.375. The lowest BCUT2D eigenvalue weighted by Crippen LogP contribution is -2.39. The van der Waals surface area contributed by atoms with Crippen LogP contribution in [0.25, 0.3) is 11.3 Å². The Morgan fingerprint density at radius 3 is 2.96 bits per heavy atom. The van der Waals surface area contributed by atoms with Crippen LogP contribution in [-0.4, -0.2) is 55.6 Å². The first-order valence-corrected chi connectivity index (χ1v) is 8.27. The van der Waals surface area contributed by atoms with Crippen LogP contribution < -0.4 is 4.90 Å². The largest absolute Gasteiger partial charge is 0.478 e. The highest BCUT2D eigenvalue weighted by atomic mass is 32.1. The number of aromatic nitrogens is 1. The van der Waals surface area contributed by atoms with Crippen LogP contribution in [0.3, 0.4) is 0 Å². The Morgan fingerprint density at radius 2 is 2.30 bits per heavy atom.